The molecule has 1 aliphatic heterocycles. The molecule has 1 N–H and O–H groups in total. The number of amides is 1. The lowest BCUT2D eigenvalue weighted by Gasteiger charge is -2.16. The Balaban J connectivity index is 1.24. The molecule has 0 aromatic carbocycles. The lowest BCUT2D eigenvalue weighted by Crippen LogP contribution is -2.24. The summed E-state index contributed by atoms with van der Waals surface area (Å²) in [6.07, 6.45) is 1.26. The lowest BCUT2D eigenvalue weighted by molar-refractivity contribution is -0.159. The molecule has 168 valence electrons. The SMILES string of the molecule is O=C(NCc1cnc(-c2noc(C(F)(F)F)n2)nc1)OCc1ccc(N2CCCC2)nc1. The molecular formula is C19H18F3N7O3. The smallest absolute Gasteiger partial charge is 0.445 e. The highest BCUT2D eigenvalue weighted by Crippen LogP contribution is 2.28. The number of anilines is 1. The van der Waals surface area contributed by atoms with Crippen LogP contribution in [0.3, 0.4) is 0 Å². The minimum absolute atomic E-state index is 0.0608. The second kappa shape index (κ2) is 9.16. The zero-order chi connectivity index (χ0) is 22.6. The van der Waals surface area contributed by atoms with Crippen LogP contribution in [0.25, 0.3) is 11.6 Å². The Kier molecular flexibility index (Phi) is 6.14. The van der Waals surface area contributed by atoms with E-state index in [1.165, 1.54) is 12.4 Å². The summed E-state index contributed by atoms with van der Waals surface area (Å²) >= 11 is 0. The summed E-state index contributed by atoms with van der Waals surface area (Å²) in [5.41, 5.74) is 1.26. The Morgan fingerprint density at radius 3 is 2.41 bits per heavy atom. The first kappa shape index (κ1) is 21.5. The zero-order valence-electron chi connectivity index (χ0n) is 16.7. The molecule has 0 spiro atoms. The van der Waals surface area contributed by atoms with Crippen LogP contribution in [0.2, 0.25) is 0 Å². The number of ether oxygens (including phenoxy) is 1. The third-order valence-corrected chi connectivity index (χ3v) is 4.62. The molecular weight excluding hydrogens is 431 g/mol. The average Bonchev–Trinajstić information content (AvgIpc) is 3.49. The first-order chi connectivity index (χ1) is 15.4. The van der Waals surface area contributed by atoms with Gasteiger partial charge in [-0.2, -0.15) is 18.2 Å². The average molecular weight is 449 g/mol. The molecule has 3 aromatic rings. The number of nitrogens with zero attached hydrogens (tertiary/aromatic N) is 6. The number of carbonyl (C=O) groups is 1. The Labute approximate surface area is 179 Å². The van der Waals surface area contributed by atoms with E-state index in [1.807, 2.05) is 12.1 Å². The molecule has 0 bridgehead atoms. The second-order valence-corrected chi connectivity index (χ2v) is 6.98. The number of alkyl halides is 3. The van der Waals surface area contributed by atoms with E-state index in [0.717, 1.165) is 37.3 Å². The number of alkyl carbamates (subject to hydrolysis) is 1. The summed E-state index contributed by atoms with van der Waals surface area (Å²) in [6, 6.07) is 3.77. The third-order valence-electron chi connectivity index (χ3n) is 4.62. The highest BCUT2D eigenvalue weighted by atomic mass is 19.4. The minimum Gasteiger partial charge on any atom is -0.445 e. The van der Waals surface area contributed by atoms with Gasteiger partial charge < -0.3 is 19.5 Å². The van der Waals surface area contributed by atoms with Gasteiger partial charge in [-0.25, -0.2) is 19.7 Å². The standard InChI is InChI=1S/C19H18F3N7O3/c20-19(21,22)17-27-16(28-32-17)15-24-8-13(9-25-15)10-26-18(30)31-11-12-3-4-14(23-7-12)29-5-1-2-6-29/h3-4,7-9H,1-2,5-6,10-11H2,(H,26,30). The molecule has 10 nitrogen and oxygen atoms in total. The first-order valence-corrected chi connectivity index (χ1v) is 9.71. The zero-order valence-corrected chi connectivity index (χ0v) is 16.7. The molecule has 1 aliphatic rings. The van der Waals surface area contributed by atoms with Crippen molar-refractivity contribution < 1.29 is 27.2 Å². The van der Waals surface area contributed by atoms with Crippen LogP contribution < -0.4 is 10.2 Å². The Bertz CT molecular complexity index is 1050. The second-order valence-electron chi connectivity index (χ2n) is 6.98. The van der Waals surface area contributed by atoms with Crippen molar-refractivity contribution in [3.8, 4) is 11.6 Å². The molecule has 4 rings (SSSR count). The quantitative estimate of drug-likeness (QED) is 0.606. The van der Waals surface area contributed by atoms with Crippen molar-refractivity contribution in [1.82, 2.24) is 30.4 Å². The summed E-state index contributed by atoms with van der Waals surface area (Å²) < 4.78 is 46.8. The first-order valence-electron chi connectivity index (χ1n) is 9.71. The number of rotatable bonds is 6. The summed E-state index contributed by atoms with van der Waals surface area (Å²) in [5, 5.41) is 5.75. The largest absolute Gasteiger partial charge is 0.471 e. The predicted octanol–water partition coefficient (Wildman–Crippen LogP) is 2.97. The predicted molar refractivity (Wildman–Crippen MR) is 103 cm³/mol. The Morgan fingerprint density at radius 2 is 1.78 bits per heavy atom. The summed E-state index contributed by atoms with van der Waals surface area (Å²) in [7, 11) is 0. The van der Waals surface area contributed by atoms with Gasteiger partial charge in [-0.05, 0) is 18.9 Å². The van der Waals surface area contributed by atoms with Crippen molar-refractivity contribution in [2.75, 3.05) is 18.0 Å². The van der Waals surface area contributed by atoms with Gasteiger partial charge in [0, 0.05) is 49.4 Å². The molecule has 3 aromatic heterocycles. The van der Waals surface area contributed by atoms with Crippen molar-refractivity contribution in [1.29, 1.82) is 0 Å². The highest BCUT2D eigenvalue weighted by Gasteiger charge is 2.38. The lowest BCUT2D eigenvalue weighted by atomic mass is 10.3. The Morgan fingerprint density at radius 1 is 1.06 bits per heavy atom. The fraction of sp³-hybridized carbons (Fsp3) is 0.368. The van der Waals surface area contributed by atoms with Crippen LogP contribution in [0.1, 0.15) is 29.9 Å². The molecule has 32 heavy (non-hydrogen) atoms. The van der Waals surface area contributed by atoms with Crippen molar-refractivity contribution in [3.63, 3.8) is 0 Å². The van der Waals surface area contributed by atoms with Crippen molar-refractivity contribution >= 4 is 11.9 Å². The van der Waals surface area contributed by atoms with Gasteiger partial charge in [-0.3, -0.25) is 0 Å². The van der Waals surface area contributed by atoms with Gasteiger partial charge in [0.25, 0.3) is 0 Å². The van der Waals surface area contributed by atoms with Gasteiger partial charge >= 0.3 is 18.2 Å². The Hall–Kier alpha value is -3.77. The molecule has 4 heterocycles. The minimum atomic E-state index is -4.75. The van der Waals surface area contributed by atoms with Gasteiger partial charge in [0.2, 0.25) is 11.6 Å². The number of hydrogen-bond donors (Lipinski definition) is 1. The molecule has 0 unspecified atom stereocenters. The van der Waals surface area contributed by atoms with Crippen LogP contribution in [0.15, 0.2) is 35.2 Å². The van der Waals surface area contributed by atoms with Gasteiger partial charge in [-0.1, -0.05) is 11.2 Å². The van der Waals surface area contributed by atoms with Gasteiger partial charge in [0.1, 0.15) is 12.4 Å². The molecule has 1 saturated heterocycles. The maximum absolute atomic E-state index is 12.5. The van der Waals surface area contributed by atoms with Crippen molar-refractivity contribution in [2.24, 2.45) is 0 Å². The number of carbonyl (C=O) groups excluding carboxylic acids is 1. The molecule has 0 atom stereocenters. The van der Waals surface area contributed by atoms with E-state index in [9.17, 15) is 18.0 Å². The van der Waals surface area contributed by atoms with E-state index < -0.39 is 18.2 Å². The highest BCUT2D eigenvalue weighted by molar-refractivity contribution is 5.67. The molecule has 13 heteroatoms. The monoisotopic (exact) mass is 449 g/mol. The number of aromatic nitrogens is 5. The topological polar surface area (TPSA) is 119 Å². The van der Waals surface area contributed by atoms with Gasteiger partial charge in [-0.15, -0.1) is 0 Å². The van der Waals surface area contributed by atoms with E-state index in [-0.39, 0.29) is 24.8 Å². The summed E-state index contributed by atoms with van der Waals surface area (Å²) in [6.45, 7) is 2.12. The van der Waals surface area contributed by atoms with Gasteiger partial charge in [0.15, 0.2) is 0 Å². The molecule has 0 aliphatic carbocycles. The number of halogens is 3. The normalized spacial score (nSPS) is 13.9. The molecule has 0 saturated carbocycles. The van der Waals surface area contributed by atoms with Crippen molar-refractivity contribution in [2.45, 2.75) is 32.2 Å². The van der Waals surface area contributed by atoms with Crippen LogP contribution in [-0.2, 0) is 24.1 Å². The number of nitrogens with one attached hydrogen (secondary N) is 1. The fourth-order valence-corrected chi connectivity index (χ4v) is 3.00. The van der Waals surface area contributed by atoms with E-state index in [4.69, 9.17) is 4.74 Å². The van der Waals surface area contributed by atoms with Crippen LogP contribution in [-0.4, -0.2) is 44.3 Å². The van der Waals surface area contributed by atoms with Crippen LogP contribution in [0, 0.1) is 0 Å². The van der Waals surface area contributed by atoms with Crippen LogP contribution >= 0.6 is 0 Å². The number of pyridine rings is 1. The van der Waals surface area contributed by atoms with E-state index in [2.05, 4.69) is 39.8 Å². The van der Waals surface area contributed by atoms with E-state index in [0.29, 0.717) is 5.56 Å². The number of hydrogen-bond acceptors (Lipinski definition) is 9. The molecule has 1 fully saturated rings. The molecule has 0 radical (unpaired) electrons. The fourth-order valence-electron chi connectivity index (χ4n) is 3.00. The maximum atomic E-state index is 12.5. The van der Waals surface area contributed by atoms with Crippen molar-refractivity contribution in [3.05, 3.63) is 47.7 Å². The maximum Gasteiger partial charge on any atom is 0.471 e. The summed E-state index contributed by atoms with van der Waals surface area (Å²) in [4.78, 5) is 29.5. The summed E-state index contributed by atoms with van der Waals surface area (Å²) in [5.74, 6) is -1.10. The van der Waals surface area contributed by atoms with E-state index in [1.54, 1.807) is 6.20 Å². The third kappa shape index (κ3) is 5.28. The van der Waals surface area contributed by atoms with Crippen LogP contribution in [0.5, 0.6) is 0 Å². The van der Waals surface area contributed by atoms with Crippen LogP contribution in [0.4, 0.5) is 23.8 Å². The molecule has 1 amide bonds. The van der Waals surface area contributed by atoms with E-state index >= 15 is 0 Å². The van der Waals surface area contributed by atoms with Gasteiger partial charge in [0.05, 0.1) is 0 Å².